The van der Waals surface area contributed by atoms with Crippen LogP contribution in [0.3, 0.4) is 0 Å². The number of Topliss-reactive ketones (excluding diaryl/α,β-unsaturated/α-hetero) is 1. The fraction of sp³-hybridized carbons (Fsp3) is 0.800. The summed E-state index contributed by atoms with van der Waals surface area (Å²) in [6, 6.07) is 0. The molecule has 2 rings (SSSR count). The van der Waals surface area contributed by atoms with E-state index in [1.165, 1.54) is 7.11 Å². The summed E-state index contributed by atoms with van der Waals surface area (Å²) in [5.41, 5.74) is -0.878. The van der Waals surface area contributed by atoms with E-state index in [4.69, 9.17) is 9.47 Å². The Balaban J connectivity index is 2.16. The third-order valence-corrected chi connectivity index (χ3v) is 3.02. The number of hydrogen-bond donors (Lipinski definition) is 0. The lowest BCUT2D eigenvalue weighted by atomic mass is 9.84. The third kappa shape index (κ3) is 1.66. The summed E-state index contributed by atoms with van der Waals surface area (Å²) < 4.78 is 15.3. The monoisotopic (exact) mass is 214 g/mol. The molecule has 0 amide bonds. The first-order valence-electron chi connectivity index (χ1n) is 5.03. The second-order valence-corrected chi connectivity index (χ2v) is 3.87. The Morgan fingerprint density at radius 2 is 2.33 bits per heavy atom. The molecule has 2 saturated heterocycles. The van der Waals surface area contributed by atoms with E-state index in [2.05, 4.69) is 4.74 Å². The maximum atomic E-state index is 12.0. The molecule has 2 unspecified atom stereocenters. The normalized spacial score (nSPS) is 35.8. The van der Waals surface area contributed by atoms with Gasteiger partial charge in [0.2, 0.25) is 0 Å². The van der Waals surface area contributed by atoms with Crippen LogP contribution in [0.15, 0.2) is 0 Å². The number of hydrogen-bond acceptors (Lipinski definition) is 5. The number of methoxy groups -OCH3 is 1. The Morgan fingerprint density at radius 1 is 1.53 bits per heavy atom. The number of ketones is 1. The third-order valence-electron chi connectivity index (χ3n) is 3.02. The van der Waals surface area contributed by atoms with Crippen LogP contribution in [0.25, 0.3) is 0 Å². The van der Waals surface area contributed by atoms with Crippen molar-refractivity contribution in [3.8, 4) is 0 Å². The molecule has 2 aliphatic heterocycles. The zero-order valence-electron chi connectivity index (χ0n) is 8.65. The number of rotatable bonds is 1. The molecule has 0 aromatic rings. The summed E-state index contributed by atoms with van der Waals surface area (Å²) in [6.45, 7) is 1.19. The first-order chi connectivity index (χ1) is 7.19. The minimum Gasteiger partial charge on any atom is -0.468 e. The van der Waals surface area contributed by atoms with Crippen molar-refractivity contribution in [1.82, 2.24) is 0 Å². The Hall–Kier alpha value is -0.940. The molecular weight excluding hydrogens is 200 g/mol. The fourth-order valence-corrected chi connectivity index (χ4v) is 2.11. The van der Waals surface area contributed by atoms with Crippen LogP contribution in [-0.2, 0) is 23.8 Å². The molecule has 1 spiro atoms. The van der Waals surface area contributed by atoms with E-state index < -0.39 is 17.5 Å². The smallest absolute Gasteiger partial charge is 0.316 e. The van der Waals surface area contributed by atoms with E-state index in [0.29, 0.717) is 26.1 Å². The molecule has 0 saturated carbocycles. The molecule has 0 aliphatic carbocycles. The van der Waals surface area contributed by atoms with Crippen molar-refractivity contribution >= 4 is 11.8 Å². The Bertz CT molecular complexity index is 280. The summed E-state index contributed by atoms with van der Waals surface area (Å²) >= 11 is 0. The van der Waals surface area contributed by atoms with Crippen molar-refractivity contribution in [2.45, 2.75) is 18.4 Å². The molecule has 2 atom stereocenters. The summed E-state index contributed by atoms with van der Waals surface area (Å²) in [6.07, 6.45) is 0.951. The van der Waals surface area contributed by atoms with Crippen molar-refractivity contribution in [2.75, 3.05) is 26.9 Å². The van der Waals surface area contributed by atoms with E-state index in [9.17, 15) is 9.59 Å². The predicted molar refractivity (Wildman–Crippen MR) is 49.2 cm³/mol. The predicted octanol–water partition coefficient (Wildman–Crippen LogP) is -0.0759. The van der Waals surface area contributed by atoms with Crippen molar-refractivity contribution in [3.05, 3.63) is 0 Å². The second kappa shape index (κ2) is 3.90. The molecule has 5 heteroatoms. The van der Waals surface area contributed by atoms with Gasteiger partial charge in [0, 0.05) is 13.0 Å². The van der Waals surface area contributed by atoms with Crippen molar-refractivity contribution in [3.63, 3.8) is 0 Å². The number of esters is 1. The fourth-order valence-electron chi connectivity index (χ4n) is 2.11. The van der Waals surface area contributed by atoms with Gasteiger partial charge in [0.1, 0.15) is 5.92 Å². The highest BCUT2D eigenvalue weighted by Gasteiger charge is 2.51. The zero-order chi connectivity index (χ0) is 10.9. The maximum absolute atomic E-state index is 12.0. The first-order valence-corrected chi connectivity index (χ1v) is 5.03. The molecule has 0 N–H and O–H groups in total. The molecule has 2 aliphatic rings. The number of ether oxygens (including phenoxy) is 3. The number of carbonyl (C=O) groups excluding carboxylic acids is 2. The topological polar surface area (TPSA) is 61.8 Å². The SMILES string of the molecule is COC(=O)C1CCOC2(CCOC2)C1=O. The van der Waals surface area contributed by atoms with Gasteiger partial charge in [-0.25, -0.2) is 0 Å². The molecule has 2 heterocycles. The largest absolute Gasteiger partial charge is 0.468 e. The van der Waals surface area contributed by atoms with Gasteiger partial charge >= 0.3 is 5.97 Å². The van der Waals surface area contributed by atoms with Gasteiger partial charge < -0.3 is 14.2 Å². The van der Waals surface area contributed by atoms with Gasteiger partial charge in [0.05, 0.1) is 20.3 Å². The minimum absolute atomic E-state index is 0.182. The van der Waals surface area contributed by atoms with Gasteiger partial charge in [-0.3, -0.25) is 9.59 Å². The molecule has 0 aromatic carbocycles. The average molecular weight is 214 g/mol. The molecule has 5 nitrogen and oxygen atoms in total. The highest BCUT2D eigenvalue weighted by molar-refractivity contribution is 6.04. The van der Waals surface area contributed by atoms with Crippen LogP contribution < -0.4 is 0 Å². The lowest BCUT2D eigenvalue weighted by Crippen LogP contribution is -2.52. The molecule has 2 fully saturated rings. The number of carbonyl (C=O) groups is 2. The highest BCUT2D eigenvalue weighted by Crippen LogP contribution is 2.33. The van der Waals surface area contributed by atoms with Crippen LogP contribution in [-0.4, -0.2) is 44.3 Å². The van der Waals surface area contributed by atoms with Gasteiger partial charge in [0.25, 0.3) is 0 Å². The summed E-state index contributed by atoms with van der Waals surface area (Å²) in [5, 5.41) is 0. The van der Waals surface area contributed by atoms with E-state index >= 15 is 0 Å². The van der Waals surface area contributed by atoms with Crippen LogP contribution in [0, 0.1) is 5.92 Å². The van der Waals surface area contributed by atoms with E-state index in [1.54, 1.807) is 0 Å². The van der Waals surface area contributed by atoms with E-state index in [-0.39, 0.29) is 12.4 Å². The van der Waals surface area contributed by atoms with Crippen LogP contribution in [0.4, 0.5) is 0 Å². The standard InChI is InChI=1S/C10H14O5/c1-13-9(12)7-2-4-15-10(8(7)11)3-5-14-6-10/h7H,2-6H2,1H3. The van der Waals surface area contributed by atoms with Gasteiger partial charge in [0.15, 0.2) is 11.4 Å². The quantitative estimate of drug-likeness (QED) is 0.451. The summed E-state index contributed by atoms with van der Waals surface area (Å²) in [4.78, 5) is 23.4. The molecule has 0 aromatic heterocycles. The van der Waals surface area contributed by atoms with Crippen molar-refractivity contribution < 1.29 is 23.8 Å². The maximum Gasteiger partial charge on any atom is 0.316 e. The Morgan fingerprint density at radius 3 is 2.93 bits per heavy atom. The van der Waals surface area contributed by atoms with Crippen molar-refractivity contribution in [1.29, 1.82) is 0 Å². The molecule has 0 radical (unpaired) electrons. The Labute approximate surface area is 87.7 Å². The van der Waals surface area contributed by atoms with E-state index in [1.807, 2.05) is 0 Å². The van der Waals surface area contributed by atoms with Gasteiger partial charge in [-0.2, -0.15) is 0 Å². The summed E-state index contributed by atoms with van der Waals surface area (Å²) in [7, 11) is 1.29. The lowest BCUT2D eigenvalue weighted by Gasteiger charge is -2.34. The zero-order valence-corrected chi connectivity index (χ0v) is 8.65. The van der Waals surface area contributed by atoms with Crippen LogP contribution >= 0.6 is 0 Å². The van der Waals surface area contributed by atoms with Crippen LogP contribution in [0.5, 0.6) is 0 Å². The van der Waals surface area contributed by atoms with E-state index in [0.717, 1.165) is 0 Å². The highest BCUT2D eigenvalue weighted by atomic mass is 16.6. The second-order valence-electron chi connectivity index (χ2n) is 3.87. The van der Waals surface area contributed by atoms with Crippen molar-refractivity contribution in [2.24, 2.45) is 5.92 Å². The van der Waals surface area contributed by atoms with Gasteiger partial charge in [-0.15, -0.1) is 0 Å². The lowest BCUT2D eigenvalue weighted by molar-refractivity contribution is -0.170. The average Bonchev–Trinajstić information content (AvgIpc) is 2.71. The van der Waals surface area contributed by atoms with Gasteiger partial charge in [-0.05, 0) is 6.42 Å². The summed E-state index contributed by atoms with van der Waals surface area (Å²) in [5.74, 6) is -1.32. The molecule has 0 bridgehead atoms. The van der Waals surface area contributed by atoms with Crippen LogP contribution in [0.2, 0.25) is 0 Å². The Kier molecular flexibility index (Phi) is 2.75. The molecule has 84 valence electrons. The first kappa shape index (κ1) is 10.6. The molecular formula is C10H14O5. The van der Waals surface area contributed by atoms with Crippen LogP contribution in [0.1, 0.15) is 12.8 Å². The minimum atomic E-state index is -0.878. The van der Waals surface area contributed by atoms with Gasteiger partial charge in [-0.1, -0.05) is 0 Å². The molecule has 15 heavy (non-hydrogen) atoms.